The molecule has 3 N–H and O–H groups in total. The summed E-state index contributed by atoms with van der Waals surface area (Å²) in [6, 6.07) is 14.1. The summed E-state index contributed by atoms with van der Waals surface area (Å²) in [6.45, 7) is 5.97. The topological polar surface area (TPSA) is 90.9 Å². The number of anilines is 2. The average Bonchev–Trinajstić information content (AvgIpc) is 2.61. The lowest BCUT2D eigenvalue weighted by Gasteiger charge is -2.33. The number of hydrogen-bond acceptors (Lipinski definition) is 3. The maximum atomic E-state index is 12.2. The van der Waals surface area contributed by atoms with E-state index in [2.05, 4.69) is 10.6 Å². The second-order valence-corrected chi connectivity index (χ2v) is 7.36. The summed E-state index contributed by atoms with van der Waals surface area (Å²) in [4.78, 5) is 25.0. The van der Waals surface area contributed by atoms with Crippen molar-refractivity contribution >= 4 is 23.5 Å². The van der Waals surface area contributed by atoms with Crippen molar-refractivity contribution < 1.29 is 19.4 Å². The fraction of sp³-hybridized carbons (Fsp3) is 0.333. The van der Waals surface area contributed by atoms with Crippen molar-refractivity contribution in [3.05, 3.63) is 54.1 Å². The Morgan fingerprint density at radius 2 is 1.68 bits per heavy atom. The predicted molar refractivity (Wildman–Crippen MR) is 110 cm³/mol. The van der Waals surface area contributed by atoms with E-state index >= 15 is 0 Å². The van der Waals surface area contributed by atoms with E-state index in [1.807, 2.05) is 39.0 Å². The van der Waals surface area contributed by atoms with Crippen molar-refractivity contribution in [2.24, 2.45) is 0 Å². The monoisotopic (exact) mass is 385 g/mol. The van der Waals surface area contributed by atoms with Gasteiger partial charge in [-0.1, -0.05) is 12.1 Å². The van der Waals surface area contributed by atoms with Crippen LogP contribution < -0.4 is 15.4 Å². The van der Waals surface area contributed by atoms with Crippen molar-refractivity contribution in [3.8, 4) is 5.75 Å². The molecule has 0 spiro atoms. The van der Waals surface area contributed by atoms with Gasteiger partial charge in [0, 0.05) is 23.5 Å². The molecule has 0 aromatic heterocycles. The summed E-state index contributed by atoms with van der Waals surface area (Å²) in [5.41, 5.74) is 1.76. The highest BCUT2D eigenvalue weighted by Gasteiger charge is 2.25. The van der Waals surface area contributed by atoms with Crippen molar-refractivity contribution in [1.82, 2.24) is 4.90 Å². The summed E-state index contributed by atoms with van der Waals surface area (Å²) in [5.74, 6) is 0.712. The molecule has 0 heterocycles. The van der Waals surface area contributed by atoms with E-state index in [4.69, 9.17) is 4.74 Å². The van der Waals surface area contributed by atoms with Gasteiger partial charge in [-0.3, -0.25) is 0 Å². The van der Waals surface area contributed by atoms with Crippen LogP contribution in [0.3, 0.4) is 0 Å². The fourth-order valence-corrected chi connectivity index (χ4v) is 2.73. The summed E-state index contributed by atoms with van der Waals surface area (Å²) in [6.07, 6.45) is -0.389. The van der Waals surface area contributed by atoms with Gasteiger partial charge in [0.25, 0.3) is 0 Å². The molecule has 0 unspecified atom stereocenters. The molecule has 2 rings (SSSR count). The average molecular weight is 385 g/mol. The Hall–Kier alpha value is -3.22. The number of urea groups is 1. The summed E-state index contributed by atoms with van der Waals surface area (Å²) >= 11 is 0. The zero-order chi connectivity index (χ0) is 20.7. The molecule has 0 bridgehead atoms. The number of nitrogens with one attached hydrogen (secondary N) is 2. The van der Waals surface area contributed by atoms with Gasteiger partial charge in [0.15, 0.2) is 0 Å². The highest BCUT2D eigenvalue weighted by Crippen LogP contribution is 2.18. The second-order valence-electron chi connectivity index (χ2n) is 7.36. The number of nitrogens with zero attached hydrogens (tertiary/aromatic N) is 1. The van der Waals surface area contributed by atoms with Crippen LogP contribution in [0.4, 0.5) is 21.0 Å². The lowest BCUT2D eigenvalue weighted by molar-refractivity contribution is 0.101. The largest absolute Gasteiger partial charge is 0.497 e. The molecule has 0 aliphatic heterocycles. The summed E-state index contributed by atoms with van der Waals surface area (Å²) < 4.78 is 5.09. The van der Waals surface area contributed by atoms with Crippen molar-refractivity contribution in [2.75, 3.05) is 24.3 Å². The van der Waals surface area contributed by atoms with Gasteiger partial charge in [-0.05, 0) is 69.2 Å². The van der Waals surface area contributed by atoms with Crippen LogP contribution in [-0.4, -0.2) is 41.3 Å². The van der Waals surface area contributed by atoms with Gasteiger partial charge < -0.3 is 25.4 Å². The molecule has 0 atom stereocenters. The van der Waals surface area contributed by atoms with Gasteiger partial charge in [0.2, 0.25) is 0 Å². The number of carboxylic acid groups (broad SMARTS) is 1. The molecule has 0 radical (unpaired) electrons. The summed E-state index contributed by atoms with van der Waals surface area (Å²) in [5, 5.41) is 14.9. The molecule has 0 saturated carbocycles. The molecular weight excluding hydrogens is 358 g/mol. The van der Waals surface area contributed by atoms with Crippen LogP contribution >= 0.6 is 0 Å². The molecule has 0 aliphatic rings. The Labute approximate surface area is 165 Å². The van der Waals surface area contributed by atoms with E-state index in [1.165, 1.54) is 4.90 Å². The first kappa shape index (κ1) is 21.1. The maximum Gasteiger partial charge on any atom is 0.407 e. The van der Waals surface area contributed by atoms with Gasteiger partial charge in [-0.25, -0.2) is 9.59 Å². The minimum atomic E-state index is -0.944. The van der Waals surface area contributed by atoms with E-state index in [-0.39, 0.29) is 6.03 Å². The molecule has 3 amide bonds. The molecular formula is C21H27N3O4. The number of ether oxygens (including phenoxy) is 1. The number of rotatable bonds is 6. The van der Waals surface area contributed by atoms with Crippen LogP contribution in [-0.2, 0) is 6.42 Å². The molecule has 28 heavy (non-hydrogen) atoms. The Morgan fingerprint density at radius 1 is 1.04 bits per heavy atom. The Morgan fingerprint density at radius 3 is 2.25 bits per heavy atom. The quantitative estimate of drug-likeness (QED) is 0.674. The van der Waals surface area contributed by atoms with Gasteiger partial charge >= 0.3 is 12.1 Å². The van der Waals surface area contributed by atoms with Gasteiger partial charge in [-0.15, -0.1) is 0 Å². The number of carbonyl (C=O) groups excluding carboxylic acids is 1. The maximum absolute atomic E-state index is 12.2. The van der Waals surface area contributed by atoms with E-state index in [9.17, 15) is 14.7 Å². The molecule has 2 aromatic carbocycles. The molecule has 150 valence electrons. The van der Waals surface area contributed by atoms with Gasteiger partial charge in [0.05, 0.1) is 7.11 Å². The molecule has 7 heteroatoms. The van der Waals surface area contributed by atoms with Crippen molar-refractivity contribution in [3.63, 3.8) is 0 Å². The first-order valence-corrected chi connectivity index (χ1v) is 9.00. The van der Waals surface area contributed by atoms with Crippen LogP contribution in [0.2, 0.25) is 0 Å². The number of carbonyl (C=O) groups is 2. The lowest BCUT2D eigenvalue weighted by atomic mass is 10.0. The fourth-order valence-electron chi connectivity index (χ4n) is 2.73. The lowest BCUT2D eigenvalue weighted by Crippen LogP contribution is -2.45. The first-order chi connectivity index (χ1) is 13.2. The van der Waals surface area contributed by atoms with Crippen LogP contribution in [0.1, 0.15) is 26.3 Å². The van der Waals surface area contributed by atoms with Gasteiger partial charge in [-0.2, -0.15) is 0 Å². The number of benzene rings is 2. The summed E-state index contributed by atoms with van der Waals surface area (Å²) in [7, 11) is 1.58. The first-order valence-electron chi connectivity index (χ1n) is 9.00. The van der Waals surface area contributed by atoms with Gasteiger partial charge in [0.1, 0.15) is 5.75 Å². The molecule has 2 aromatic rings. The van der Waals surface area contributed by atoms with Crippen molar-refractivity contribution in [1.29, 1.82) is 0 Å². The number of methoxy groups -OCH3 is 1. The number of amides is 3. The number of hydrogen-bond donors (Lipinski definition) is 3. The SMILES string of the molecule is COc1ccc(NC(=O)Nc2cccc(CCN(C(=O)O)C(C)(C)C)c2)cc1. The van der Waals surface area contributed by atoms with E-state index in [0.29, 0.717) is 30.1 Å². The molecule has 0 aliphatic carbocycles. The normalized spacial score (nSPS) is 10.9. The third-order valence-corrected chi connectivity index (χ3v) is 4.20. The molecule has 7 nitrogen and oxygen atoms in total. The third-order valence-electron chi connectivity index (χ3n) is 4.20. The highest BCUT2D eigenvalue weighted by atomic mass is 16.5. The van der Waals surface area contributed by atoms with Crippen LogP contribution in [0.15, 0.2) is 48.5 Å². The zero-order valence-electron chi connectivity index (χ0n) is 16.7. The van der Waals surface area contributed by atoms with E-state index < -0.39 is 11.6 Å². The highest BCUT2D eigenvalue weighted by molar-refractivity contribution is 5.99. The van der Waals surface area contributed by atoms with Crippen LogP contribution in [0.25, 0.3) is 0 Å². The molecule has 0 fully saturated rings. The Kier molecular flexibility index (Phi) is 6.87. The zero-order valence-corrected chi connectivity index (χ0v) is 16.7. The van der Waals surface area contributed by atoms with Crippen LogP contribution in [0.5, 0.6) is 5.75 Å². The minimum Gasteiger partial charge on any atom is -0.497 e. The second kappa shape index (κ2) is 9.12. The van der Waals surface area contributed by atoms with E-state index in [1.54, 1.807) is 37.4 Å². The van der Waals surface area contributed by atoms with Crippen molar-refractivity contribution in [2.45, 2.75) is 32.7 Å². The Balaban J connectivity index is 1.96. The standard InChI is InChI=1S/C21H27N3O4/c1-21(2,3)24(20(26)27)13-12-15-6-5-7-17(14-15)23-19(25)22-16-8-10-18(28-4)11-9-16/h5-11,14H,12-13H2,1-4H3,(H,26,27)(H2,22,23,25). The van der Waals surface area contributed by atoms with Crippen LogP contribution in [0, 0.1) is 0 Å². The predicted octanol–water partition coefficient (Wildman–Crippen LogP) is 4.66. The minimum absolute atomic E-state index is 0.357. The third kappa shape index (κ3) is 6.19. The molecule has 0 saturated heterocycles. The van der Waals surface area contributed by atoms with E-state index in [0.717, 1.165) is 5.56 Å². The Bertz CT molecular complexity index is 813. The smallest absolute Gasteiger partial charge is 0.407 e.